The minimum absolute atomic E-state index is 0.233. The van der Waals surface area contributed by atoms with E-state index in [2.05, 4.69) is 5.32 Å². The number of nitrogens with one attached hydrogen (secondary N) is 1. The third-order valence-corrected chi connectivity index (χ3v) is 5.74. The summed E-state index contributed by atoms with van der Waals surface area (Å²) in [5, 5.41) is 4.89. The van der Waals surface area contributed by atoms with Crippen LogP contribution in [0.3, 0.4) is 0 Å². The second-order valence-corrected chi connectivity index (χ2v) is 8.43. The molecule has 0 spiro atoms. The zero-order chi connectivity index (χ0) is 20.3. The van der Waals surface area contributed by atoms with E-state index in [4.69, 9.17) is 0 Å². The predicted molar refractivity (Wildman–Crippen MR) is 109 cm³/mol. The molecular weight excluding hydrogens is 379 g/mol. The maximum Gasteiger partial charge on any atom is 0.243 e. The smallest absolute Gasteiger partial charge is 0.243 e. The lowest BCUT2D eigenvalue weighted by Gasteiger charge is -2.28. The summed E-state index contributed by atoms with van der Waals surface area (Å²) in [7, 11) is -3.74. The molecule has 5 nitrogen and oxygen atoms in total. The molecule has 1 atom stereocenters. The van der Waals surface area contributed by atoms with E-state index >= 15 is 0 Å². The Hall–Kier alpha value is -2.93. The molecule has 0 aliphatic rings. The number of rotatable bonds is 6. The number of halogens is 1. The van der Waals surface area contributed by atoms with Gasteiger partial charge in [0.2, 0.25) is 15.9 Å². The quantitative estimate of drug-likeness (QED) is 0.689. The van der Waals surface area contributed by atoms with Crippen LogP contribution in [0, 0.1) is 5.82 Å². The van der Waals surface area contributed by atoms with Gasteiger partial charge in [0.1, 0.15) is 11.9 Å². The second-order valence-electron chi connectivity index (χ2n) is 6.57. The number of benzene rings is 3. The number of anilines is 1. The van der Waals surface area contributed by atoms with Crippen molar-refractivity contribution in [2.45, 2.75) is 19.5 Å². The summed E-state index contributed by atoms with van der Waals surface area (Å²) < 4.78 is 38.7. The number of carbonyl (C=O) groups is 1. The van der Waals surface area contributed by atoms with Gasteiger partial charge in [-0.25, -0.2) is 12.8 Å². The summed E-state index contributed by atoms with van der Waals surface area (Å²) in [4.78, 5) is 12.7. The van der Waals surface area contributed by atoms with Gasteiger partial charge in [-0.05, 0) is 47.5 Å². The molecular formula is C21H21FN2O3S. The average molecular weight is 400 g/mol. The molecule has 0 bridgehead atoms. The van der Waals surface area contributed by atoms with Gasteiger partial charge in [0, 0.05) is 6.54 Å². The Morgan fingerprint density at radius 2 is 1.68 bits per heavy atom. The molecule has 1 unspecified atom stereocenters. The molecule has 3 aromatic rings. The number of hydrogen-bond donors (Lipinski definition) is 1. The maximum atomic E-state index is 13.2. The molecule has 1 N–H and O–H groups in total. The molecule has 0 radical (unpaired) electrons. The van der Waals surface area contributed by atoms with Crippen molar-refractivity contribution >= 4 is 32.4 Å². The van der Waals surface area contributed by atoms with E-state index in [0.29, 0.717) is 0 Å². The number of fused-ring (bicyclic) bond motifs is 1. The van der Waals surface area contributed by atoms with Crippen molar-refractivity contribution in [3.05, 3.63) is 78.1 Å². The lowest BCUT2D eigenvalue weighted by atomic mass is 10.0. The topological polar surface area (TPSA) is 66.5 Å². The Balaban J connectivity index is 1.81. The van der Waals surface area contributed by atoms with Crippen LogP contribution in [0.4, 0.5) is 10.1 Å². The zero-order valence-corrected chi connectivity index (χ0v) is 16.4. The second kappa shape index (κ2) is 7.98. The summed E-state index contributed by atoms with van der Waals surface area (Å²) in [6, 6.07) is 17.7. The molecule has 3 aromatic carbocycles. The Bertz CT molecular complexity index is 1090. The van der Waals surface area contributed by atoms with Gasteiger partial charge in [-0.3, -0.25) is 9.10 Å². The standard InChI is InChI=1S/C21H21FN2O3S/c1-15(24(28(2,26)27)19-12-10-18(22)11-13-19)21(25)23-14-17-8-5-7-16-6-3-4-9-20(16)17/h3-13,15H,14H2,1-2H3,(H,23,25). The van der Waals surface area contributed by atoms with Crippen molar-refractivity contribution in [1.82, 2.24) is 5.32 Å². The van der Waals surface area contributed by atoms with Crippen LogP contribution in [0.2, 0.25) is 0 Å². The lowest BCUT2D eigenvalue weighted by Crippen LogP contribution is -2.47. The van der Waals surface area contributed by atoms with Gasteiger partial charge >= 0.3 is 0 Å². The fourth-order valence-electron chi connectivity index (χ4n) is 3.17. The monoisotopic (exact) mass is 400 g/mol. The van der Waals surface area contributed by atoms with Crippen molar-refractivity contribution in [2.75, 3.05) is 10.6 Å². The van der Waals surface area contributed by atoms with Crippen molar-refractivity contribution in [3.8, 4) is 0 Å². The van der Waals surface area contributed by atoms with E-state index in [1.165, 1.54) is 19.1 Å². The molecule has 3 rings (SSSR count). The summed E-state index contributed by atoms with van der Waals surface area (Å²) in [5.74, 6) is -0.923. The minimum Gasteiger partial charge on any atom is -0.350 e. The van der Waals surface area contributed by atoms with E-state index in [0.717, 1.165) is 39.0 Å². The van der Waals surface area contributed by atoms with Gasteiger partial charge in [0.15, 0.2) is 0 Å². The van der Waals surface area contributed by atoms with Crippen molar-refractivity contribution < 1.29 is 17.6 Å². The molecule has 1 amide bonds. The van der Waals surface area contributed by atoms with Crippen LogP contribution in [-0.2, 0) is 21.4 Å². The lowest BCUT2D eigenvalue weighted by molar-refractivity contribution is -0.122. The van der Waals surface area contributed by atoms with E-state index in [1.807, 2.05) is 42.5 Å². The first-order chi connectivity index (χ1) is 13.3. The SMILES string of the molecule is CC(C(=O)NCc1cccc2ccccc12)N(c1ccc(F)cc1)S(C)(=O)=O. The van der Waals surface area contributed by atoms with E-state index < -0.39 is 27.8 Å². The highest BCUT2D eigenvalue weighted by molar-refractivity contribution is 7.92. The molecule has 28 heavy (non-hydrogen) atoms. The maximum absolute atomic E-state index is 13.2. The minimum atomic E-state index is -3.74. The first-order valence-corrected chi connectivity index (χ1v) is 10.6. The number of carbonyl (C=O) groups excluding carboxylic acids is 1. The Labute approximate surface area is 163 Å². The summed E-state index contributed by atoms with van der Waals surface area (Å²) in [6.07, 6.45) is 1.02. The van der Waals surface area contributed by atoms with E-state index in [1.54, 1.807) is 0 Å². The number of sulfonamides is 1. The van der Waals surface area contributed by atoms with E-state index in [-0.39, 0.29) is 12.2 Å². The Morgan fingerprint density at radius 1 is 1.04 bits per heavy atom. The van der Waals surface area contributed by atoms with Crippen molar-refractivity contribution in [1.29, 1.82) is 0 Å². The van der Waals surface area contributed by atoms with Crippen LogP contribution >= 0.6 is 0 Å². The number of nitrogens with zero attached hydrogens (tertiary/aromatic N) is 1. The normalized spacial score (nSPS) is 12.5. The molecule has 7 heteroatoms. The van der Waals surface area contributed by atoms with Gasteiger partial charge in [0.05, 0.1) is 11.9 Å². The van der Waals surface area contributed by atoms with Gasteiger partial charge in [-0.15, -0.1) is 0 Å². The van der Waals surface area contributed by atoms with Crippen LogP contribution < -0.4 is 9.62 Å². The van der Waals surface area contributed by atoms with Crippen LogP contribution in [0.1, 0.15) is 12.5 Å². The first kappa shape index (κ1) is 19.8. The molecule has 0 aromatic heterocycles. The highest BCUT2D eigenvalue weighted by Crippen LogP contribution is 2.22. The number of hydrogen-bond acceptors (Lipinski definition) is 3. The molecule has 0 heterocycles. The molecule has 0 saturated carbocycles. The number of amides is 1. The van der Waals surface area contributed by atoms with Crippen molar-refractivity contribution in [2.24, 2.45) is 0 Å². The highest BCUT2D eigenvalue weighted by Gasteiger charge is 2.29. The van der Waals surface area contributed by atoms with Gasteiger partial charge in [-0.1, -0.05) is 42.5 Å². The van der Waals surface area contributed by atoms with Gasteiger partial charge in [-0.2, -0.15) is 0 Å². The van der Waals surface area contributed by atoms with Crippen LogP contribution in [0.5, 0.6) is 0 Å². The van der Waals surface area contributed by atoms with Crippen LogP contribution in [0.15, 0.2) is 66.7 Å². The van der Waals surface area contributed by atoms with Crippen LogP contribution in [0.25, 0.3) is 10.8 Å². The largest absolute Gasteiger partial charge is 0.350 e. The fraction of sp³-hybridized carbons (Fsp3) is 0.190. The summed E-state index contributed by atoms with van der Waals surface area (Å²) >= 11 is 0. The van der Waals surface area contributed by atoms with Crippen molar-refractivity contribution in [3.63, 3.8) is 0 Å². The Kier molecular flexibility index (Phi) is 5.65. The molecule has 0 fully saturated rings. The summed E-state index contributed by atoms with van der Waals surface area (Å²) in [6.45, 7) is 1.77. The molecule has 0 aliphatic carbocycles. The molecule has 0 saturated heterocycles. The average Bonchev–Trinajstić information content (AvgIpc) is 2.66. The van der Waals surface area contributed by atoms with Gasteiger partial charge in [0.25, 0.3) is 0 Å². The fourth-order valence-corrected chi connectivity index (χ4v) is 4.35. The predicted octanol–water partition coefficient (Wildman–Crippen LogP) is 3.45. The third kappa shape index (κ3) is 4.31. The molecule has 0 aliphatic heterocycles. The molecule has 146 valence electrons. The van der Waals surface area contributed by atoms with Crippen LogP contribution in [-0.4, -0.2) is 26.6 Å². The summed E-state index contributed by atoms with van der Waals surface area (Å²) in [5.41, 5.74) is 1.17. The zero-order valence-electron chi connectivity index (χ0n) is 15.6. The highest BCUT2D eigenvalue weighted by atomic mass is 32.2. The third-order valence-electron chi connectivity index (χ3n) is 4.50. The first-order valence-electron chi connectivity index (χ1n) is 8.76. The van der Waals surface area contributed by atoms with E-state index in [9.17, 15) is 17.6 Å². The Morgan fingerprint density at radius 3 is 2.36 bits per heavy atom. The van der Waals surface area contributed by atoms with Gasteiger partial charge < -0.3 is 5.32 Å².